The molecule has 0 atom stereocenters. The number of aromatic nitrogens is 1. The molecule has 5 nitrogen and oxygen atoms in total. The highest BCUT2D eigenvalue weighted by atomic mass is 16.5. The van der Waals surface area contributed by atoms with E-state index in [2.05, 4.69) is 10.5 Å². The summed E-state index contributed by atoms with van der Waals surface area (Å²) in [5, 5.41) is 15.4. The van der Waals surface area contributed by atoms with Gasteiger partial charge in [-0.1, -0.05) is 5.16 Å². The Morgan fingerprint density at radius 2 is 2.43 bits per heavy atom. The van der Waals surface area contributed by atoms with Gasteiger partial charge in [-0.25, -0.2) is 0 Å². The monoisotopic (exact) mass is 200 g/mol. The molecule has 5 heteroatoms. The first-order valence-electron chi connectivity index (χ1n) is 4.64. The van der Waals surface area contributed by atoms with Crippen LogP contribution in [0, 0.1) is 6.92 Å². The van der Waals surface area contributed by atoms with E-state index >= 15 is 0 Å². The van der Waals surface area contributed by atoms with E-state index in [9.17, 15) is 0 Å². The van der Waals surface area contributed by atoms with Crippen LogP contribution in [-0.2, 0) is 11.3 Å². The summed E-state index contributed by atoms with van der Waals surface area (Å²) in [5.74, 6) is 0.818. The van der Waals surface area contributed by atoms with Gasteiger partial charge in [-0.15, -0.1) is 0 Å². The lowest BCUT2D eigenvalue weighted by atomic mass is 10.4. The number of aryl methyl sites for hydroxylation is 1. The number of aliphatic hydroxyl groups excluding tert-OH is 1. The molecule has 1 heterocycles. The molecule has 0 saturated carbocycles. The molecule has 0 spiro atoms. The van der Waals surface area contributed by atoms with Gasteiger partial charge in [-0.2, -0.15) is 0 Å². The van der Waals surface area contributed by atoms with Gasteiger partial charge in [0.2, 0.25) is 0 Å². The predicted molar refractivity (Wildman–Crippen MR) is 50.9 cm³/mol. The fourth-order valence-electron chi connectivity index (χ4n) is 1.03. The summed E-state index contributed by atoms with van der Waals surface area (Å²) < 4.78 is 9.98. The van der Waals surface area contributed by atoms with Crippen LogP contribution in [0.4, 0.5) is 0 Å². The maximum atomic E-state index is 8.44. The van der Waals surface area contributed by atoms with Crippen LogP contribution in [-0.4, -0.2) is 36.6 Å². The summed E-state index contributed by atoms with van der Waals surface area (Å²) in [7, 11) is 0. The van der Waals surface area contributed by atoms with Crippen molar-refractivity contribution < 1.29 is 14.4 Å². The number of hydrogen-bond donors (Lipinski definition) is 2. The molecule has 0 aromatic carbocycles. The van der Waals surface area contributed by atoms with Gasteiger partial charge >= 0.3 is 0 Å². The van der Waals surface area contributed by atoms with E-state index in [1.54, 1.807) is 0 Å². The Morgan fingerprint density at radius 1 is 1.57 bits per heavy atom. The van der Waals surface area contributed by atoms with E-state index in [1.807, 2.05) is 13.0 Å². The number of nitrogens with one attached hydrogen (secondary N) is 1. The standard InChI is InChI=1S/C9H16N2O3/c1-8-6-9(11-14-8)7-10-2-4-13-5-3-12/h6,10,12H,2-5,7H2,1H3. The second-order valence-corrected chi connectivity index (χ2v) is 2.94. The van der Waals surface area contributed by atoms with Crippen LogP contribution in [0.15, 0.2) is 10.6 Å². The fourth-order valence-corrected chi connectivity index (χ4v) is 1.03. The molecule has 0 saturated heterocycles. The lowest BCUT2D eigenvalue weighted by Gasteiger charge is -2.02. The van der Waals surface area contributed by atoms with Crippen LogP contribution in [0.25, 0.3) is 0 Å². The minimum absolute atomic E-state index is 0.0719. The van der Waals surface area contributed by atoms with Crippen molar-refractivity contribution in [3.05, 3.63) is 17.5 Å². The molecule has 1 aromatic rings. The number of nitrogens with zero attached hydrogens (tertiary/aromatic N) is 1. The van der Waals surface area contributed by atoms with Gasteiger partial charge in [0.25, 0.3) is 0 Å². The van der Waals surface area contributed by atoms with E-state index in [-0.39, 0.29) is 6.61 Å². The summed E-state index contributed by atoms with van der Waals surface area (Å²) in [4.78, 5) is 0. The Balaban J connectivity index is 1.99. The highest BCUT2D eigenvalue weighted by Crippen LogP contribution is 1.99. The maximum Gasteiger partial charge on any atom is 0.133 e. The maximum absolute atomic E-state index is 8.44. The molecule has 0 amide bonds. The van der Waals surface area contributed by atoms with E-state index < -0.39 is 0 Å². The van der Waals surface area contributed by atoms with Crippen molar-refractivity contribution >= 4 is 0 Å². The molecular formula is C9H16N2O3. The van der Waals surface area contributed by atoms with Crippen LogP contribution in [0.2, 0.25) is 0 Å². The number of aliphatic hydroxyl groups is 1. The second-order valence-electron chi connectivity index (χ2n) is 2.94. The van der Waals surface area contributed by atoms with E-state index in [4.69, 9.17) is 14.4 Å². The van der Waals surface area contributed by atoms with Gasteiger partial charge in [0.1, 0.15) is 5.76 Å². The first-order chi connectivity index (χ1) is 6.83. The third-order valence-electron chi connectivity index (χ3n) is 1.64. The van der Waals surface area contributed by atoms with Crippen LogP contribution < -0.4 is 5.32 Å². The first kappa shape index (κ1) is 11.2. The molecule has 0 aliphatic heterocycles. The SMILES string of the molecule is Cc1cc(CNCCOCCO)no1. The van der Waals surface area contributed by atoms with Gasteiger partial charge < -0.3 is 19.7 Å². The van der Waals surface area contributed by atoms with Crippen molar-refractivity contribution in [2.24, 2.45) is 0 Å². The highest BCUT2D eigenvalue weighted by Gasteiger charge is 1.98. The van der Waals surface area contributed by atoms with Gasteiger partial charge in [0.05, 0.1) is 25.5 Å². The third-order valence-corrected chi connectivity index (χ3v) is 1.64. The van der Waals surface area contributed by atoms with E-state index in [0.717, 1.165) is 18.0 Å². The Bertz CT molecular complexity index is 250. The van der Waals surface area contributed by atoms with Gasteiger partial charge in [0, 0.05) is 19.2 Å². The molecule has 0 bridgehead atoms. The van der Waals surface area contributed by atoms with Crippen LogP contribution >= 0.6 is 0 Å². The van der Waals surface area contributed by atoms with Crippen LogP contribution in [0.1, 0.15) is 11.5 Å². The number of hydrogen-bond acceptors (Lipinski definition) is 5. The largest absolute Gasteiger partial charge is 0.394 e. The topological polar surface area (TPSA) is 67.5 Å². The molecule has 1 aromatic heterocycles. The molecule has 2 N–H and O–H groups in total. The Labute approximate surface area is 83.0 Å². The van der Waals surface area contributed by atoms with E-state index in [1.165, 1.54) is 0 Å². The van der Waals surface area contributed by atoms with Crippen LogP contribution in [0.3, 0.4) is 0 Å². The Morgan fingerprint density at radius 3 is 3.07 bits per heavy atom. The number of rotatable bonds is 7. The van der Waals surface area contributed by atoms with Crippen molar-refractivity contribution in [2.75, 3.05) is 26.4 Å². The van der Waals surface area contributed by atoms with Gasteiger partial charge in [-0.3, -0.25) is 0 Å². The predicted octanol–water partition coefficient (Wildman–Crippen LogP) is 0.0815. The molecule has 0 unspecified atom stereocenters. The average Bonchev–Trinajstić information content (AvgIpc) is 2.58. The zero-order valence-electron chi connectivity index (χ0n) is 8.32. The normalized spacial score (nSPS) is 10.7. The van der Waals surface area contributed by atoms with Crippen molar-refractivity contribution in [3.8, 4) is 0 Å². The summed E-state index contributed by atoms with van der Waals surface area (Å²) in [5.41, 5.74) is 0.893. The number of ether oxygens (including phenoxy) is 1. The minimum atomic E-state index is 0.0719. The summed E-state index contributed by atoms with van der Waals surface area (Å²) in [6.45, 7) is 4.34. The molecule has 0 radical (unpaired) electrons. The Hall–Kier alpha value is -0.910. The molecule has 1 rings (SSSR count). The molecule has 14 heavy (non-hydrogen) atoms. The lowest BCUT2D eigenvalue weighted by Crippen LogP contribution is -2.20. The molecule has 0 aliphatic carbocycles. The Kier molecular flexibility index (Phi) is 5.21. The van der Waals surface area contributed by atoms with Gasteiger partial charge in [-0.05, 0) is 6.92 Å². The smallest absolute Gasteiger partial charge is 0.133 e. The summed E-state index contributed by atoms with van der Waals surface area (Å²) >= 11 is 0. The molecule has 0 aliphatic rings. The van der Waals surface area contributed by atoms with E-state index in [0.29, 0.717) is 19.8 Å². The fraction of sp³-hybridized carbons (Fsp3) is 0.667. The zero-order chi connectivity index (χ0) is 10.2. The van der Waals surface area contributed by atoms with Crippen molar-refractivity contribution in [1.29, 1.82) is 0 Å². The highest BCUT2D eigenvalue weighted by molar-refractivity contribution is 5.02. The van der Waals surface area contributed by atoms with Gasteiger partial charge in [0.15, 0.2) is 0 Å². The molecule has 80 valence electrons. The quantitative estimate of drug-likeness (QED) is 0.610. The second kappa shape index (κ2) is 6.53. The first-order valence-corrected chi connectivity index (χ1v) is 4.64. The molecule has 0 fully saturated rings. The third kappa shape index (κ3) is 4.36. The van der Waals surface area contributed by atoms with Crippen LogP contribution in [0.5, 0.6) is 0 Å². The van der Waals surface area contributed by atoms with Crippen molar-refractivity contribution in [1.82, 2.24) is 10.5 Å². The average molecular weight is 200 g/mol. The van der Waals surface area contributed by atoms with Crippen molar-refractivity contribution in [3.63, 3.8) is 0 Å². The summed E-state index contributed by atoms with van der Waals surface area (Å²) in [6.07, 6.45) is 0. The summed E-state index contributed by atoms with van der Waals surface area (Å²) in [6, 6.07) is 1.89. The molecular weight excluding hydrogens is 184 g/mol. The lowest BCUT2D eigenvalue weighted by molar-refractivity contribution is 0.0937. The van der Waals surface area contributed by atoms with Crippen molar-refractivity contribution in [2.45, 2.75) is 13.5 Å². The minimum Gasteiger partial charge on any atom is -0.394 e. The zero-order valence-corrected chi connectivity index (χ0v) is 8.32.